The number of Topliss-reactive ketones (excluding diaryl/α,β-unsaturated/α-hetero) is 1. The minimum atomic E-state index is -0.734. The third-order valence-electron chi connectivity index (χ3n) is 4.42. The van der Waals surface area contributed by atoms with E-state index in [1.165, 1.54) is 0 Å². The fraction of sp³-hybridized carbons (Fsp3) is 0.471. The molecule has 0 aliphatic heterocycles. The predicted octanol–water partition coefficient (Wildman–Crippen LogP) is 2.33. The number of halogens is 1. The first-order valence-corrected chi connectivity index (χ1v) is 8.49. The van der Waals surface area contributed by atoms with Crippen LogP contribution in [0.3, 0.4) is 0 Å². The summed E-state index contributed by atoms with van der Waals surface area (Å²) in [7, 11) is 0. The largest absolute Gasteiger partial charge is 0.456 e. The molecule has 3 atom stereocenters. The highest BCUT2D eigenvalue weighted by Crippen LogP contribution is 2.36. The highest BCUT2D eigenvalue weighted by atomic mass is 35.5. The summed E-state index contributed by atoms with van der Waals surface area (Å²) in [6.07, 6.45) is -0.0383. The molecule has 0 spiro atoms. The van der Waals surface area contributed by atoms with Gasteiger partial charge in [0.1, 0.15) is 5.78 Å². The molecule has 0 radical (unpaired) electrons. The summed E-state index contributed by atoms with van der Waals surface area (Å²) in [5, 5.41) is 13.8. The van der Waals surface area contributed by atoms with Crippen molar-refractivity contribution in [2.24, 2.45) is 17.8 Å². The maximum absolute atomic E-state index is 12.0. The molecule has 1 aromatic rings. The van der Waals surface area contributed by atoms with Crippen molar-refractivity contribution < 1.29 is 24.0 Å². The van der Waals surface area contributed by atoms with E-state index in [0.717, 1.165) is 0 Å². The number of hydrogen-bond acceptors (Lipinski definition) is 6. The molecule has 1 aliphatic rings. The predicted molar refractivity (Wildman–Crippen MR) is 93.3 cm³/mol. The van der Waals surface area contributed by atoms with Gasteiger partial charge >= 0.3 is 5.97 Å². The van der Waals surface area contributed by atoms with Crippen LogP contribution < -0.4 is 5.32 Å². The van der Waals surface area contributed by atoms with Crippen LogP contribution >= 0.6 is 11.6 Å². The molecule has 9 heteroatoms. The van der Waals surface area contributed by atoms with Gasteiger partial charge in [0, 0.05) is 33.9 Å². The number of carbonyl (C=O) groups is 3. The van der Waals surface area contributed by atoms with E-state index in [1.807, 2.05) is 0 Å². The van der Waals surface area contributed by atoms with Crippen LogP contribution in [0.4, 0.5) is 5.69 Å². The smallest absolute Gasteiger partial charge is 0.307 e. The van der Waals surface area contributed by atoms with Crippen LogP contribution in [0, 0.1) is 27.9 Å². The second-order valence-electron chi connectivity index (χ2n) is 6.35. The van der Waals surface area contributed by atoms with Crippen molar-refractivity contribution >= 4 is 34.9 Å². The maximum Gasteiger partial charge on any atom is 0.307 e. The lowest BCUT2D eigenvalue weighted by Crippen LogP contribution is -2.28. The highest BCUT2D eigenvalue weighted by molar-refractivity contribution is 6.30. The molecule has 2 rings (SSSR count). The monoisotopic (exact) mass is 382 g/mol. The Morgan fingerprint density at radius 1 is 1.35 bits per heavy atom. The van der Waals surface area contributed by atoms with Crippen molar-refractivity contribution in [2.45, 2.75) is 19.8 Å². The summed E-state index contributed by atoms with van der Waals surface area (Å²) in [4.78, 5) is 46.0. The molecule has 0 bridgehead atoms. The van der Waals surface area contributed by atoms with E-state index >= 15 is 0 Å². The molecule has 1 aromatic carbocycles. The number of amides is 1. The minimum Gasteiger partial charge on any atom is -0.456 e. The summed E-state index contributed by atoms with van der Waals surface area (Å²) >= 11 is 5.75. The van der Waals surface area contributed by atoms with Crippen LogP contribution in [0.15, 0.2) is 24.3 Å². The van der Waals surface area contributed by atoms with Gasteiger partial charge in [-0.15, -0.1) is 0 Å². The third-order valence-corrected chi connectivity index (χ3v) is 4.68. The zero-order valence-corrected chi connectivity index (χ0v) is 14.9. The molecule has 0 unspecified atom stereocenters. The van der Waals surface area contributed by atoms with Crippen molar-refractivity contribution in [3.8, 4) is 0 Å². The average molecular weight is 383 g/mol. The van der Waals surface area contributed by atoms with Gasteiger partial charge in [-0.1, -0.05) is 18.5 Å². The Labute approximate surface area is 155 Å². The Bertz CT molecular complexity index is 706. The number of nitrogens with zero attached hydrogens (tertiary/aromatic N) is 1. The number of nitro groups is 1. The van der Waals surface area contributed by atoms with Crippen LogP contribution in [-0.4, -0.2) is 35.7 Å². The summed E-state index contributed by atoms with van der Waals surface area (Å²) in [6.45, 7) is 0.899. The molecule has 1 saturated carbocycles. The Hall–Kier alpha value is -2.48. The van der Waals surface area contributed by atoms with Crippen LogP contribution in [-0.2, 0) is 19.1 Å². The molecule has 0 heterocycles. The molecular formula is C17H19ClN2O6. The number of carbonyl (C=O) groups excluding carboxylic acids is 3. The standard InChI is InChI=1S/C17H19ClN2O6/c1-10-6-15(21)13(14(10)8-20(24)25)7-17(23)26-9-16(22)19-12-4-2-11(18)3-5-12/h2-5,10,13-14H,6-9H2,1H3,(H,19,22)/t10-,13-,14+/m0/s1. The molecule has 0 aromatic heterocycles. The highest BCUT2D eigenvalue weighted by Gasteiger charge is 2.44. The quantitative estimate of drug-likeness (QED) is 0.439. The Balaban J connectivity index is 1.83. The van der Waals surface area contributed by atoms with E-state index in [2.05, 4.69) is 5.32 Å². The number of ether oxygens (including phenoxy) is 1. The lowest BCUT2D eigenvalue weighted by atomic mass is 9.88. The normalized spacial score (nSPS) is 22.1. The van der Waals surface area contributed by atoms with E-state index in [9.17, 15) is 24.5 Å². The molecule has 26 heavy (non-hydrogen) atoms. The Morgan fingerprint density at radius 2 is 2.00 bits per heavy atom. The molecule has 1 N–H and O–H groups in total. The molecule has 140 valence electrons. The lowest BCUT2D eigenvalue weighted by Gasteiger charge is -2.17. The molecule has 1 fully saturated rings. The summed E-state index contributed by atoms with van der Waals surface area (Å²) < 4.78 is 4.90. The number of nitrogens with one attached hydrogen (secondary N) is 1. The van der Waals surface area contributed by atoms with Gasteiger partial charge in [-0.3, -0.25) is 24.5 Å². The average Bonchev–Trinajstić information content (AvgIpc) is 2.81. The van der Waals surface area contributed by atoms with E-state index in [-0.39, 0.29) is 31.1 Å². The van der Waals surface area contributed by atoms with Crippen molar-refractivity contribution in [2.75, 3.05) is 18.5 Å². The van der Waals surface area contributed by atoms with Crippen LogP contribution in [0.1, 0.15) is 19.8 Å². The Kier molecular flexibility index (Phi) is 6.68. The van der Waals surface area contributed by atoms with E-state index in [0.29, 0.717) is 10.7 Å². The van der Waals surface area contributed by atoms with Gasteiger partial charge in [0.25, 0.3) is 5.91 Å². The number of anilines is 1. The minimum absolute atomic E-state index is 0.154. The van der Waals surface area contributed by atoms with E-state index in [4.69, 9.17) is 16.3 Å². The summed E-state index contributed by atoms with van der Waals surface area (Å²) in [5.74, 6) is -2.81. The number of esters is 1. The summed E-state index contributed by atoms with van der Waals surface area (Å²) in [5.41, 5.74) is 0.501. The third kappa shape index (κ3) is 5.52. The fourth-order valence-electron chi connectivity index (χ4n) is 3.11. The van der Waals surface area contributed by atoms with Gasteiger partial charge in [0.05, 0.1) is 6.42 Å². The van der Waals surface area contributed by atoms with Gasteiger partial charge in [0.2, 0.25) is 6.54 Å². The molecular weight excluding hydrogens is 364 g/mol. The van der Waals surface area contributed by atoms with Gasteiger partial charge < -0.3 is 10.1 Å². The van der Waals surface area contributed by atoms with Crippen molar-refractivity contribution in [1.82, 2.24) is 0 Å². The van der Waals surface area contributed by atoms with Gasteiger partial charge in [-0.25, -0.2) is 0 Å². The van der Waals surface area contributed by atoms with Crippen LogP contribution in [0.5, 0.6) is 0 Å². The molecule has 8 nitrogen and oxygen atoms in total. The van der Waals surface area contributed by atoms with Crippen LogP contribution in [0.25, 0.3) is 0 Å². The molecule has 0 saturated heterocycles. The SMILES string of the molecule is C[C@H]1CC(=O)[C@@H](CC(=O)OCC(=O)Nc2ccc(Cl)cc2)[C@@H]1C[N+](=O)[O-]. The lowest BCUT2D eigenvalue weighted by molar-refractivity contribution is -0.490. The molecule has 1 amide bonds. The Morgan fingerprint density at radius 3 is 2.62 bits per heavy atom. The number of ketones is 1. The van der Waals surface area contributed by atoms with Gasteiger partial charge in [-0.05, 0) is 30.2 Å². The van der Waals surface area contributed by atoms with E-state index < -0.39 is 35.2 Å². The number of benzene rings is 1. The number of rotatable bonds is 7. The van der Waals surface area contributed by atoms with Crippen LogP contribution in [0.2, 0.25) is 5.02 Å². The fourth-order valence-corrected chi connectivity index (χ4v) is 3.24. The zero-order valence-electron chi connectivity index (χ0n) is 14.1. The summed E-state index contributed by atoms with van der Waals surface area (Å²) in [6, 6.07) is 6.41. The first-order chi connectivity index (χ1) is 12.3. The zero-order chi connectivity index (χ0) is 19.3. The van der Waals surface area contributed by atoms with Crippen molar-refractivity contribution in [1.29, 1.82) is 0 Å². The van der Waals surface area contributed by atoms with E-state index in [1.54, 1.807) is 31.2 Å². The van der Waals surface area contributed by atoms with Gasteiger partial charge in [-0.2, -0.15) is 0 Å². The maximum atomic E-state index is 12.0. The van der Waals surface area contributed by atoms with Gasteiger partial charge in [0.15, 0.2) is 6.61 Å². The second kappa shape index (κ2) is 8.75. The molecule has 1 aliphatic carbocycles. The first-order valence-electron chi connectivity index (χ1n) is 8.11. The number of hydrogen-bond donors (Lipinski definition) is 1. The topological polar surface area (TPSA) is 116 Å². The first kappa shape index (κ1) is 19.8. The van der Waals surface area contributed by atoms with Crippen molar-refractivity contribution in [3.05, 3.63) is 39.4 Å². The van der Waals surface area contributed by atoms with Crippen molar-refractivity contribution in [3.63, 3.8) is 0 Å². The second-order valence-corrected chi connectivity index (χ2v) is 6.79.